The maximum Gasteiger partial charge on any atom is 0.266 e. The Morgan fingerprint density at radius 1 is 1.32 bits per heavy atom. The molecule has 0 bridgehead atoms. The van der Waals surface area contributed by atoms with Crippen molar-refractivity contribution in [3.8, 4) is 0 Å². The van der Waals surface area contributed by atoms with Gasteiger partial charge in [-0.25, -0.2) is 12.7 Å². The van der Waals surface area contributed by atoms with Gasteiger partial charge < -0.3 is 4.74 Å². The van der Waals surface area contributed by atoms with Crippen molar-refractivity contribution >= 4 is 15.9 Å². The van der Waals surface area contributed by atoms with E-state index >= 15 is 0 Å². The molecule has 0 radical (unpaired) electrons. The van der Waals surface area contributed by atoms with Gasteiger partial charge in [0.2, 0.25) is 5.91 Å². The summed E-state index contributed by atoms with van der Waals surface area (Å²) in [5.41, 5.74) is 0.972. The van der Waals surface area contributed by atoms with Crippen molar-refractivity contribution in [2.45, 2.75) is 30.7 Å². The maximum atomic E-state index is 12.5. The van der Waals surface area contributed by atoms with Crippen LogP contribution >= 0.6 is 0 Å². The third-order valence-electron chi connectivity index (χ3n) is 3.21. The van der Waals surface area contributed by atoms with Crippen molar-refractivity contribution < 1.29 is 17.9 Å². The summed E-state index contributed by atoms with van der Waals surface area (Å²) in [7, 11) is -2.27. The van der Waals surface area contributed by atoms with E-state index in [1.165, 1.54) is 19.2 Å². The Morgan fingerprint density at radius 3 is 2.53 bits per heavy atom. The Labute approximate surface area is 113 Å². The number of carbonyl (C=O) groups excluding carboxylic acids is 1. The minimum atomic E-state index is -3.77. The van der Waals surface area contributed by atoms with Gasteiger partial charge in [0.05, 0.1) is 17.5 Å². The molecule has 1 aromatic rings. The molecule has 0 aromatic heterocycles. The predicted molar refractivity (Wildman–Crippen MR) is 70.1 cm³/mol. The van der Waals surface area contributed by atoms with Gasteiger partial charge in [-0.2, -0.15) is 0 Å². The average Bonchev–Trinajstić information content (AvgIpc) is 2.72. The molecule has 1 aromatic carbocycles. The van der Waals surface area contributed by atoms with Crippen LogP contribution in [-0.2, 0) is 19.6 Å². The molecule has 1 aliphatic rings. The molecule has 0 saturated carbocycles. The Balaban J connectivity index is 2.37. The Morgan fingerprint density at radius 2 is 1.95 bits per heavy atom. The topological polar surface area (TPSA) is 63.7 Å². The molecule has 1 unspecified atom stereocenters. The highest BCUT2D eigenvalue weighted by Crippen LogP contribution is 2.27. The number of hydrogen-bond donors (Lipinski definition) is 0. The van der Waals surface area contributed by atoms with Crippen LogP contribution in [0.5, 0.6) is 0 Å². The van der Waals surface area contributed by atoms with E-state index in [2.05, 4.69) is 0 Å². The number of aryl methyl sites for hydroxylation is 1. The van der Waals surface area contributed by atoms with E-state index in [9.17, 15) is 13.2 Å². The van der Waals surface area contributed by atoms with Gasteiger partial charge in [-0.3, -0.25) is 4.79 Å². The lowest BCUT2D eigenvalue weighted by Crippen LogP contribution is -2.40. The number of benzene rings is 1. The van der Waals surface area contributed by atoms with Gasteiger partial charge in [-0.15, -0.1) is 0 Å². The highest BCUT2D eigenvalue weighted by Gasteiger charge is 2.40. The van der Waals surface area contributed by atoms with Crippen molar-refractivity contribution in [3.05, 3.63) is 29.8 Å². The standard InChI is InChI=1S/C13H17NO4S/c1-10-3-6-12(7-4-10)19(16,17)14-11(9-18-2)5-8-13(14)15/h3-4,6-7,11H,5,8-9H2,1-2H3. The summed E-state index contributed by atoms with van der Waals surface area (Å²) in [6.45, 7) is 2.11. The fourth-order valence-corrected chi connectivity index (χ4v) is 3.84. The SMILES string of the molecule is COCC1CCC(=O)N1S(=O)(=O)c1ccc(C)cc1. The highest BCUT2D eigenvalue weighted by atomic mass is 32.2. The quantitative estimate of drug-likeness (QED) is 0.836. The van der Waals surface area contributed by atoms with Crippen LogP contribution in [0.4, 0.5) is 0 Å². The molecule has 2 rings (SSSR count). The summed E-state index contributed by atoms with van der Waals surface area (Å²) in [5, 5.41) is 0. The normalized spacial score (nSPS) is 20.0. The van der Waals surface area contributed by atoms with Crippen LogP contribution in [0.2, 0.25) is 0 Å². The molecule has 1 saturated heterocycles. The molecule has 0 aliphatic carbocycles. The zero-order valence-corrected chi connectivity index (χ0v) is 11.8. The fourth-order valence-electron chi connectivity index (χ4n) is 2.22. The number of hydrogen-bond acceptors (Lipinski definition) is 4. The van der Waals surface area contributed by atoms with Crippen molar-refractivity contribution in [3.63, 3.8) is 0 Å². The van der Waals surface area contributed by atoms with E-state index in [1.54, 1.807) is 12.1 Å². The van der Waals surface area contributed by atoms with Crippen molar-refractivity contribution in [1.29, 1.82) is 0 Å². The summed E-state index contributed by atoms with van der Waals surface area (Å²) in [6.07, 6.45) is 0.761. The number of rotatable bonds is 4. The number of nitrogens with zero attached hydrogens (tertiary/aromatic N) is 1. The molecule has 19 heavy (non-hydrogen) atoms. The summed E-state index contributed by atoms with van der Waals surface area (Å²) in [6, 6.07) is 6.10. The number of sulfonamides is 1. The van der Waals surface area contributed by atoms with E-state index in [4.69, 9.17) is 4.74 Å². The molecule has 0 N–H and O–H groups in total. The first kappa shape index (κ1) is 14.0. The Kier molecular flexibility index (Phi) is 3.91. The molecule has 1 amide bonds. The first-order valence-corrected chi connectivity index (χ1v) is 7.53. The fraction of sp³-hybridized carbons (Fsp3) is 0.462. The van der Waals surface area contributed by atoms with Crippen molar-refractivity contribution in [2.24, 2.45) is 0 Å². The minimum absolute atomic E-state index is 0.148. The molecular weight excluding hydrogens is 266 g/mol. The van der Waals surface area contributed by atoms with E-state index in [0.717, 1.165) is 9.87 Å². The number of carbonyl (C=O) groups is 1. The summed E-state index contributed by atoms with van der Waals surface area (Å²) >= 11 is 0. The van der Waals surface area contributed by atoms with Crippen LogP contribution in [-0.4, -0.2) is 38.4 Å². The summed E-state index contributed by atoms with van der Waals surface area (Å²) in [5.74, 6) is -0.359. The van der Waals surface area contributed by atoms with Crippen LogP contribution in [0.15, 0.2) is 29.2 Å². The van der Waals surface area contributed by atoms with Crippen LogP contribution in [0.1, 0.15) is 18.4 Å². The second kappa shape index (κ2) is 5.30. The Bertz CT molecular complexity index is 565. The van der Waals surface area contributed by atoms with E-state index in [-0.39, 0.29) is 23.8 Å². The first-order valence-electron chi connectivity index (χ1n) is 6.09. The molecule has 1 aliphatic heterocycles. The lowest BCUT2D eigenvalue weighted by molar-refractivity contribution is -0.124. The molecular formula is C13H17NO4S. The molecule has 104 valence electrons. The molecule has 0 spiro atoms. The molecule has 6 heteroatoms. The smallest absolute Gasteiger partial charge is 0.266 e. The van der Waals surface area contributed by atoms with Crippen molar-refractivity contribution in [1.82, 2.24) is 4.31 Å². The monoisotopic (exact) mass is 283 g/mol. The molecule has 5 nitrogen and oxygen atoms in total. The number of amides is 1. The van der Waals surface area contributed by atoms with E-state index in [1.807, 2.05) is 6.92 Å². The zero-order valence-electron chi connectivity index (χ0n) is 11.0. The number of ether oxygens (including phenoxy) is 1. The molecule has 1 atom stereocenters. The van der Waals surface area contributed by atoms with Crippen LogP contribution in [0, 0.1) is 6.92 Å². The highest BCUT2D eigenvalue weighted by molar-refractivity contribution is 7.89. The molecule has 1 heterocycles. The summed E-state index contributed by atoms with van der Waals surface area (Å²) in [4.78, 5) is 12.0. The second-order valence-corrected chi connectivity index (χ2v) is 6.47. The average molecular weight is 283 g/mol. The van der Waals surface area contributed by atoms with Gasteiger partial charge in [0.25, 0.3) is 10.0 Å². The third kappa shape index (κ3) is 2.64. The van der Waals surface area contributed by atoms with Crippen LogP contribution in [0.25, 0.3) is 0 Å². The van der Waals surface area contributed by atoms with E-state index < -0.39 is 16.1 Å². The Hall–Kier alpha value is -1.40. The predicted octanol–water partition coefficient (Wildman–Crippen LogP) is 1.32. The largest absolute Gasteiger partial charge is 0.383 e. The van der Waals surface area contributed by atoms with Gasteiger partial charge >= 0.3 is 0 Å². The van der Waals surface area contributed by atoms with Gasteiger partial charge in [0, 0.05) is 13.5 Å². The van der Waals surface area contributed by atoms with Gasteiger partial charge in [0.15, 0.2) is 0 Å². The van der Waals surface area contributed by atoms with Crippen LogP contribution < -0.4 is 0 Å². The van der Waals surface area contributed by atoms with E-state index in [0.29, 0.717) is 6.42 Å². The first-order chi connectivity index (χ1) is 8.96. The lowest BCUT2D eigenvalue weighted by atomic mass is 10.2. The molecule has 1 fully saturated rings. The van der Waals surface area contributed by atoms with Crippen molar-refractivity contribution in [2.75, 3.05) is 13.7 Å². The lowest BCUT2D eigenvalue weighted by Gasteiger charge is -2.23. The summed E-state index contributed by atoms with van der Waals surface area (Å²) < 4.78 is 31.0. The minimum Gasteiger partial charge on any atom is -0.383 e. The van der Waals surface area contributed by atoms with Gasteiger partial charge in [0.1, 0.15) is 0 Å². The van der Waals surface area contributed by atoms with Gasteiger partial charge in [-0.1, -0.05) is 17.7 Å². The van der Waals surface area contributed by atoms with Crippen LogP contribution in [0.3, 0.4) is 0 Å². The second-order valence-electron chi connectivity index (χ2n) is 4.66. The number of methoxy groups -OCH3 is 1. The third-order valence-corrected chi connectivity index (χ3v) is 5.09. The van der Waals surface area contributed by atoms with Gasteiger partial charge in [-0.05, 0) is 25.5 Å². The maximum absolute atomic E-state index is 12.5. The zero-order chi connectivity index (χ0) is 14.0.